The van der Waals surface area contributed by atoms with Crippen molar-refractivity contribution in [1.29, 1.82) is 0 Å². The molecule has 0 saturated heterocycles. The highest BCUT2D eigenvalue weighted by Gasteiger charge is 2.37. The van der Waals surface area contributed by atoms with Crippen molar-refractivity contribution in [2.24, 2.45) is 0 Å². The number of hydrogen-bond acceptors (Lipinski definition) is 8. The van der Waals surface area contributed by atoms with E-state index >= 15 is 0 Å². The van der Waals surface area contributed by atoms with Gasteiger partial charge in [0, 0.05) is 31.2 Å². The monoisotopic (exact) mass is 502 g/mol. The van der Waals surface area contributed by atoms with Crippen LogP contribution in [0.2, 0.25) is 5.02 Å². The number of nitrogens with one attached hydrogen (secondary N) is 3. The number of carbonyl (C=O) groups excluding carboxylic acids is 1. The quantitative estimate of drug-likeness (QED) is 0.223. The van der Waals surface area contributed by atoms with Crippen molar-refractivity contribution in [3.63, 3.8) is 0 Å². The first kappa shape index (κ1) is 25.3. The summed E-state index contributed by atoms with van der Waals surface area (Å²) in [5, 5.41) is 17.5. The molecule has 1 amide bonds. The maximum Gasteiger partial charge on any atom is 0.573 e. The van der Waals surface area contributed by atoms with Crippen LogP contribution in [-0.4, -0.2) is 49.0 Å². The summed E-state index contributed by atoms with van der Waals surface area (Å²) >= 11 is 5.96. The van der Waals surface area contributed by atoms with Crippen molar-refractivity contribution in [1.82, 2.24) is 20.9 Å². The molecule has 1 heterocycles. The molecule has 9 nitrogen and oxygen atoms in total. The van der Waals surface area contributed by atoms with Crippen LogP contribution in [0.3, 0.4) is 0 Å². The van der Waals surface area contributed by atoms with E-state index in [0.717, 1.165) is 17.7 Å². The molecule has 2 aromatic carbocycles. The van der Waals surface area contributed by atoms with Gasteiger partial charge in [-0.1, -0.05) is 29.8 Å². The number of amides is 1. The number of rotatable bonds is 10. The van der Waals surface area contributed by atoms with E-state index in [2.05, 4.69) is 25.6 Å². The molecule has 0 aliphatic carbocycles. The van der Waals surface area contributed by atoms with Crippen LogP contribution in [0.25, 0.3) is 0 Å². The van der Waals surface area contributed by atoms with E-state index in [-0.39, 0.29) is 31.1 Å². The lowest BCUT2D eigenvalue weighted by molar-refractivity contribution is -0.274. The second-order valence-electron chi connectivity index (χ2n) is 6.95. The van der Waals surface area contributed by atoms with Gasteiger partial charge in [-0.25, -0.2) is 4.89 Å². The number of alkyl halides is 3. The van der Waals surface area contributed by atoms with Crippen molar-refractivity contribution >= 4 is 17.5 Å². The average Bonchev–Trinajstić information content (AvgIpc) is 3.11. The lowest BCUT2D eigenvalue weighted by Crippen LogP contribution is -2.44. The summed E-state index contributed by atoms with van der Waals surface area (Å²) < 4.78 is 47.6. The first-order valence-electron chi connectivity index (χ1n) is 9.97. The third-order valence-electron chi connectivity index (χ3n) is 4.57. The van der Waals surface area contributed by atoms with Crippen LogP contribution >= 0.6 is 11.6 Å². The zero-order valence-corrected chi connectivity index (χ0v) is 18.6. The fourth-order valence-corrected chi connectivity index (χ4v) is 3.30. The van der Waals surface area contributed by atoms with Crippen molar-refractivity contribution in [2.45, 2.75) is 19.3 Å². The van der Waals surface area contributed by atoms with Crippen molar-refractivity contribution in [3.05, 3.63) is 70.6 Å². The van der Waals surface area contributed by atoms with Gasteiger partial charge in [0.2, 0.25) is 0 Å². The Morgan fingerprint density at radius 2 is 1.91 bits per heavy atom. The molecule has 0 fully saturated rings. The Kier molecular flexibility index (Phi) is 8.31. The molecule has 13 heteroatoms. The van der Waals surface area contributed by atoms with Gasteiger partial charge in [0.1, 0.15) is 23.0 Å². The third-order valence-corrected chi connectivity index (χ3v) is 4.82. The molecule has 1 aliphatic heterocycles. The molecule has 0 spiro atoms. The Morgan fingerprint density at radius 1 is 1.21 bits per heavy atom. The van der Waals surface area contributed by atoms with E-state index in [9.17, 15) is 18.0 Å². The molecule has 1 aliphatic rings. The summed E-state index contributed by atoms with van der Waals surface area (Å²) in [5.74, 6) is -0.547. The van der Waals surface area contributed by atoms with Crippen LogP contribution in [0.4, 0.5) is 13.2 Å². The maximum atomic E-state index is 12.9. The molecule has 0 saturated carbocycles. The minimum absolute atomic E-state index is 0.0347. The smallest absolute Gasteiger partial charge is 0.452 e. The summed E-state index contributed by atoms with van der Waals surface area (Å²) in [6.45, 7) is 0.107. The molecular weight excluding hydrogens is 481 g/mol. The Bertz CT molecular complexity index is 1020. The van der Waals surface area contributed by atoms with Gasteiger partial charge in [0.25, 0.3) is 12.3 Å². The maximum absolute atomic E-state index is 12.9. The minimum Gasteiger partial charge on any atom is -0.452 e. The fourth-order valence-electron chi connectivity index (χ4n) is 3.17. The second kappa shape index (κ2) is 11.2. The molecule has 0 radical (unpaired) electrons. The summed E-state index contributed by atoms with van der Waals surface area (Å²) in [4.78, 5) is 18.5. The van der Waals surface area contributed by atoms with E-state index in [0.29, 0.717) is 10.8 Å². The topological polar surface area (TPSA) is 104 Å². The van der Waals surface area contributed by atoms with Crippen molar-refractivity contribution in [2.75, 3.05) is 20.2 Å². The van der Waals surface area contributed by atoms with Gasteiger partial charge in [0.15, 0.2) is 0 Å². The van der Waals surface area contributed by atoms with Crippen LogP contribution in [0.5, 0.6) is 11.5 Å². The first-order chi connectivity index (χ1) is 16.2. The Balaban J connectivity index is 1.87. The molecule has 0 bridgehead atoms. The van der Waals surface area contributed by atoms with Crippen LogP contribution in [0.1, 0.15) is 5.56 Å². The normalized spacial score (nSPS) is 15.7. The van der Waals surface area contributed by atoms with Crippen molar-refractivity contribution in [3.8, 4) is 11.5 Å². The van der Waals surface area contributed by atoms with Gasteiger partial charge in [0.05, 0.1) is 6.61 Å². The SMILES string of the molecule is CNC1=C(C(=O)NCCOO)N(Cc2ccc(Cl)cc2)C(Oc2cccc(OC(F)(F)F)c2)N1. The number of hydrogen-bond donors (Lipinski definition) is 4. The largest absolute Gasteiger partial charge is 0.573 e. The molecular formula is C21H22ClF3N4O5. The Morgan fingerprint density at radius 3 is 2.56 bits per heavy atom. The predicted octanol–water partition coefficient (Wildman–Crippen LogP) is 3.00. The lowest BCUT2D eigenvalue weighted by atomic mass is 10.2. The van der Waals surface area contributed by atoms with Gasteiger partial charge in [-0.2, -0.15) is 0 Å². The van der Waals surface area contributed by atoms with E-state index in [4.69, 9.17) is 21.6 Å². The van der Waals surface area contributed by atoms with Gasteiger partial charge < -0.3 is 30.3 Å². The zero-order valence-electron chi connectivity index (χ0n) is 17.9. The zero-order chi connectivity index (χ0) is 24.7. The molecule has 2 aromatic rings. The first-order valence-corrected chi connectivity index (χ1v) is 10.3. The number of nitrogens with zero attached hydrogens (tertiary/aromatic N) is 1. The van der Waals surface area contributed by atoms with E-state index in [1.165, 1.54) is 12.1 Å². The summed E-state index contributed by atoms with van der Waals surface area (Å²) in [6, 6.07) is 12.0. The summed E-state index contributed by atoms with van der Waals surface area (Å²) in [7, 11) is 1.59. The molecule has 3 rings (SSSR count). The van der Waals surface area contributed by atoms with Gasteiger partial charge >= 0.3 is 6.36 Å². The Hall–Kier alpha value is -3.35. The Labute approximate surface area is 198 Å². The number of halogens is 4. The van der Waals surface area contributed by atoms with E-state index < -0.39 is 24.4 Å². The van der Waals surface area contributed by atoms with Gasteiger partial charge in [-0.05, 0) is 29.8 Å². The fraction of sp³-hybridized carbons (Fsp3) is 0.286. The standard InChI is InChI=1S/C21H22ClF3N4O5/c1-26-18-17(19(30)27-9-10-32-31)29(12-13-5-7-14(22)8-6-13)20(28-18)33-15-3-2-4-16(11-15)34-21(23,24)25/h2-8,11,20,26,28,31H,9-10,12H2,1H3,(H,27,30). The lowest BCUT2D eigenvalue weighted by Gasteiger charge is -2.28. The van der Waals surface area contributed by atoms with E-state index in [1.54, 1.807) is 36.2 Å². The van der Waals surface area contributed by atoms with Crippen LogP contribution in [-0.2, 0) is 16.2 Å². The predicted molar refractivity (Wildman–Crippen MR) is 115 cm³/mol. The highest BCUT2D eigenvalue weighted by Crippen LogP contribution is 2.29. The van der Waals surface area contributed by atoms with Gasteiger partial charge in [-0.3, -0.25) is 10.1 Å². The van der Waals surface area contributed by atoms with Crippen molar-refractivity contribution < 1.29 is 37.6 Å². The summed E-state index contributed by atoms with van der Waals surface area (Å²) in [5.41, 5.74) is 0.971. The third kappa shape index (κ3) is 6.83. The second-order valence-corrected chi connectivity index (χ2v) is 7.39. The van der Waals surface area contributed by atoms with E-state index in [1.807, 2.05) is 0 Å². The highest BCUT2D eigenvalue weighted by atomic mass is 35.5. The molecule has 0 aromatic heterocycles. The molecule has 34 heavy (non-hydrogen) atoms. The minimum atomic E-state index is -4.85. The average molecular weight is 503 g/mol. The number of ether oxygens (including phenoxy) is 2. The highest BCUT2D eigenvalue weighted by molar-refractivity contribution is 6.30. The molecule has 1 atom stereocenters. The number of carbonyl (C=O) groups is 1. The van der Waals surface area contributed by atoms with Crippen LogP contribution in [0, 0.1) is 0 Å². The number of benzene rings is 2. The molecule has 1 unspecified atom stereocenters. The molecule has 184 valence electrons. The van der Waals surface area contributed by atoms with Crippen LogP contribution in [0.15, 0.2) is 60.0 Å². The summed E-state index contributed by atoms with van der Waals surface area (Å²) in [6.07, 6.45) is -5.82. The van der Waals surface area contributed by atoms with Crippen LogP contribution < -0.4 is 25.4 Å². The molecule has 4 N–H and O–H groups in total. The van der Waals surface area contributed by atoms with Gasteiger partial charge in [-0.15, -0.1) is 13.2 Å².